The van der Waals surface area contributed by atoms with E-state index in [0.29, 0.717) is 18.4 Å². The molecule has 0 saturated heterocycles. The van der Waals surface area contributed by atoms with Gasteiger partial charge in [0.2, 0.25) is 41.4 Å². The first kappa shape index (κ1) is 45.8. The van der Waals surface area contributed by atoms with Crippen molar-refractivity contribution in [1.82, 2.24) is 31.9 Å². The highest BCUT2D eigenvalue weighted by Gasteiger charge is 2.35. The van der Waals surface area contributed by atoms with Crippen molar-refractivity contribution in [3.63, 3.8) is 0 Å². The fourth-order valence-electron chi connectivity index (χ4n) is 4.89. The lowest BCUT2D eigenvalue weighted by molar-refractivity contribution is -0.141. The predicted octanol–water partition coefficient (Wildman–Crippen LogP) is -1.47. The van der Waals surface area contributed by atoms with Crippen LogP contribution in [0.2, 0.25) is 0 Å². The molecule has 0 fully saturated rings. The molecule has 18 nitrogen and oxygen atoms in total. The first-order chi connectivity index (χ1) is 24.7. The summed E-state index contributed by atoms with van der Waals surface area (Å²) in [6, 6.07) is -1.87. The van der Waals surface area contributed by atoms with Gasteiger partial charge in [-0.25, -0.2) is 0 Å². The number of carboxylic acid groups (broad SMARTS) is 1. The summed E-state index contributed by atoms with van der Waals surface area (Å²) < 4.78 is 0. The van der Waals surface area contributed by atoms with E-state index in [1.165, 1.54) is 31.2 Å². The van der Waals surface area contributed by atoms with Crippen LogP contribution in [0.4, 0.5) is 0 Å². The highest BCUT2D eigenvalue weighted by molar-refractivity contribution is 5.98. The van der Waals surface area contributed by atoms with Gasteiger partial charge in [-0.1, -0.05) is 66.5 Å². The molecule has 8 atom stereocenters. The first-order valence-electron chi connectivity index (χ1n) is 17.5. The topological polar surface area (TPSA) is 301 Å². The van der Waals surface area contributed by atoms with Crippen LogP contribution in [0.25, 0.3) is 0 Å². The Balaban J connectivity index is 3.37. The van der Waals surface area contributed by atoms with Crippen LogP contribution in [-0.2, 0) is 44.8 Å². The van der Waals surface area contributed by atoms with Crippen molar-refractivity contribution in [3.05, 3.63) is 29.8 Å². The standard InChI is InChI=1S/C35H56N8O10/c1-8-18(5)28(34(52)38-16-25(36)45)43-32(50)23(14-21-10-12-22(44)13-11-21)40-31(49)24(15-26(46)47)41-35(53)29(19(6)9-2)42-30(48)20(7)39-33(51)27(37)17(3)4/h10-13,17-20,23-24,27-29,44H,8-9,14-16,37H2,1-7H3,(H2,36,45)(H,38,52)(H,39,51)(H,40,49)(H,41,53)(H,42,48)(H,43,50)(H,46,47)/t18-,19-,20-,23-,24-,27-,28-,29-/m0/s1. The van der Waals surface area contributed by atoms with E-state index in [2.05, 4.69) is 31.9 Å². The summed E-state index contributed by atoms with van der Waals surface area (Å²) in [5.41, 5.74) is 11.5. The second kappa shape index (κ2) is 22.0. The second-order valence-electron chi connectivity index (χ2n) is 13.5. The number of phenols is 1. The Labute approximate surface area is 309 Å². The third-order valence-electron chi connectivity index (χ3n) is 8.82. The van der Waals surface area contributed by atoms with Crippen LogP contribution in [0.1, 0.15) is 73.3 Å². The molecule has 0 unspecified atom stereocenters. The molecule has 1 rings (SSSR count). The molecule has 0 saturated carbocycles. The number of primary amides is 1. The van der Waals surface area contributed by atoms with Gasteiger partial charge >= 0.3 is 5.97 Å². The van der Waals surface area contributed by atoms with Gasteiger partial charge in [-0.15, -0.1) is 0 Å². The van der Waals surface area contributed by atoms with E-state index >= 15 is 0 Å². The predicted molar refractivity (Wildman–Crippen MR) is 193 cm³/mol. The Bertz CT molecular complexity index is 1450. The number of carboxylic acids is 1. The van der Waals surface area contributed by atoms with Crippen LogP contribution >= 0.6 is 0 Å². The van der Waals surface area contributed by atoms with Gasteiger partial charge in [0.1, 0.15) is 36.0 Å². The average molecular weight is 749 g/mol. The first-order valence-corrected chi connectivity index (χ1v) is 17.5. The quantitative estimate of drug-likeness (QED) is 0.0653. The molecular weight excluding hydrogens is 692 g/mol. The number of rotatable bonds is 22. The van der Waals surface area contributed by atoms with Crippen molar-refractivity contribution in [2.24, 2.45) is 29.2 Å². The van der Waals surface area contributed by atoms with Gasteiger partial charge in [0.25, 0.3) is 0 Å². The molecule has 0 aromatic heterocycles. The minimum absolute atomic E-state index is 0.0650. The molecule has 0 aliphatic rings. The van der Waals surface area contributed by atoms with Gasteiger partial charge < -0.3 is 53.6 Å². The number of phenolic OH excluding ortho intramolecular Hbond substituents is 1. The zero-order valence-electron chi connectivity index (χ0n) is 31.4. The number of hydrogen-bond donors (Lipinski definition) is 10. The van der Waals surface area contributed by atoms with Crippen LogP contribution in [0.15, 0.2) is 24.3 Å². The minimum Gasteiger partial charge on any atom is -0.508 e. The lowest BCUT2D eigenvalue weighted by atomic mass is 9.96. The molecule has 0 bridgehead atoms. The van der Waals surface area contributed by atoms with Crippen LogP contribution in [0.5, 0.6) is 5.75 Å². The van der Waals surface area contributed by atoms with E-state index in [-0.39, 0.29) is 18.1 Å². The van der Waals surface area contributed by atoms with Crippen LogP contribution < -0.4 is 43.4 Å². The third kappa shape index (κ3) is 15.5. The summed E-state index contributed by atoms with van der Waals surface area (Å²) in [5.74, 6) is -8.29. The van der Waals surface area contributed by atoms with Gasteiger partial charge in [0.15, 0.2) is 0 Å². The second-order valence-corrected chi connectivity index (χ2v) is 13.5. The van der Waals surface area contributed by atoms with Crippen molar-refractivity contribution in [1.29, 1.82) is 0 Å². The molecule has 0 radical (unpaired) electrons. The molecule has 296 valence electrons. The lowest BCUT2D eigenvalue weighted by Crippen LogP contribution is -2.61. The van der Waals surface area contributed by atoms with E-state index in [4.69, 9.17) is 11.5 Å². The van der Waals surface area contributed by atoms with E-state index in [9.17, 15) is 48.6 Å². The zero-order valence-corrected chi connectivity index (χ0v) is 31.4. The molecule has 18 heteroatoms. The Morgan fingerprint density at radius 1 is 0.660 bits per heavy atom. The Hall–Kier alpha value is -5.26. The summed E-state index contributed by atoms with van der Waals surface area (Å²) in [5, 5.41) is 34.3. The van der Waals surface area contributed by atoms with Crippen LogP contribution in [0.3, 0.4) is 0 Å². The summed E-state index contributed by atoms with van der Waals surface area (Å²) in [7, 11) is 0. The molecule has 7 amide bonds. The summed E-state index contributed by atoms with van der Waals surface area (Å²) in [4.78, 5) is 103. The fraction of sp³-hybridized carbons (Fsp3) is 0.600. The Morgan fingerprint density at radius 3 is 1.64 bits per heavy atom. The van der Waals surface area contributed by atoms with Crippen LogP contribution in [-0.4, -0.2) is 100 Å². The van der Waals surface area contributed by atoms with E-state index in [0.717, 1.165) is 0 Å². The number of hydrogen-bond acceptors (Lipinski definition) is 10. The average Bonchev–Trinajstić information content (AvgIpc) is 3.10. The Morgan fingerprint density at radius 2 is 1.15 bits per heavy atom. The molecule has 1 aromatic carbocycles. The monoisotopic (exact) mass is 748 g/mol. The highest BCUT2D eigenvalue weighted by Crippen LogP contribution is 2.14. The van der Waals surface area contributed by atoms with Crippen molar-refractivity contribution in [2.45, 2.75) is 110 Å². The van der Waals surface area contributed by atoms with Gasteiger partial charge in [0, 0.05) is 6.42 Å². The summed E-state index contributed by atoms with van der Waals surface area (Å²) in [6.45, 7) is 11.3. The molecule has 0 aliphatic heterocycles. The number of carbonyl (C=O) groups is 8. The normalized spacial score (nSPS) is 15.6. The van der Waals surface area contributed by atoms with Gasteiger partial charge in [-0.2, -0.15) is 0 Å². The van der Waals surface area contributed by atoms with Crippen molar-refractivity contribution in [3.8, 4) is 5.75 Å². The molecule has 0 heterocycles. The summed E-state index contributed by atoms with van der Waals surface area (Å²) >= 11 is 0. The van der Waals surface area contributed by atoms with Crippen molar-refractivity contribution < 1.29 is 48.6 Å². The molecular formula is C35H56N8O10. The van der Waals surface area contributed by atoms with E-state index < -0.39 is 108 Å². The maximum Gasteiger partial charge on any atom is 0.305 e. The van der Waals surface area contributed by atoms with Gasteiger partial charge in [-0.3, -0.25) is 38.4 Å². The summed E-state index contributed by atoms with van der Waals surface area (Å²) in [6.07, 6.45) is -0.276. The number of benzene rings is 1. The largest absolute Gasteiger partial charge is 0.508 e. The molecule has 53 heavy (non-hydrogen) atoms. The number of aliphatic carboxylic acids is 1. The molecule has 1 aromatic rings. The smallest absolute Gasteiger partial charge is 0.305 e. The maximum absolute atomic E-state index is 13.7. The Kier molecular flexibility index (Phi) is 19.0. The molecule has 0 spiro atoms. The number of carbonyl (C=O) groups excluding carboxylic acids is 7. The highest BCUT2D eigenvalue weighted by atomic mass is 16.4. The van der Waals surface area contributed by atoms with Gasteiger partial charge in [0.05, 0.1) is 19.0 Å². The molecule has 0 aliphatic carbocycles. The number of amides is 7. The van der Waals surface area contributed by atoms with Crippen LogP contribution in [0, 0.1) is 17.8 Å². The number of nitrogens with one attached hydrogen (secondary N) is 6. The number of aromatic hydroxyl groups is 1. The SMILES string of the molecule is CC[C@H](C)[C@H](NC(=O)[C@H](C)NC(=O)[C@@H](N)C(C)C)C(=O)N[C@@H](CC(=O)O)C(=O)N[C@@H](Cc1ccc(O)cc1)C(=O)N[C@H](C(=O)NCC(N)=O)[C@@H](C)CC. The van der Waals surface area contributed by atoms with Crippen molar-refractivity contribution in [2.75, 3.05) is 6.54 Å². The third-order valence-corrected chi connectivity index (χ3v) is 8.82. The minimum atomic E-state index is -1.73. The van der Waals surface area contributed by atoms with E-state index in [1.807, 2.05) is 0 Å². The van der Waals surface area contributed by atoms with E-state index in [1.54, 1.807) is 41.5 Å². The lowest BCUT2D eigenvalue weighted by Gasteiger charge is -2.29. The molecule has 12 N–H and O–H groups in total. The van der Waals surface area contributed by atoms with Gasteiger partial charge in [-0.05, 0) is 42.4 Å². The van der Waals surface area contributed by atoms with Crippen molar-refractivity contribution >= 4 is 47.3 Å². The fourth-order valence-corrected chi connectivity index (χ4v) is 4.89. The maximum atomic E-state index is 13.7. The number of nitrogens with two attached hydrogens (primary N) is 2. The zero-order chi connectivity index (χ0) is 40.6.